The van der Waals surface area contributed by atoms with Crippen LogP contribution in [0.3, 0.4) is 0 Å². The van der Waals surface area contributed by atoms with Crippen LogP contribution in [-0.2, 0) is 10.3 Å². The van der Waals surface area contributed by atoms with E-state index < -0.39 is 12.3 Å². The quantitative estimate of drug-likeness (QED) is 0.236. The molecule has 0 amide bonds. The van der Waals surface area contributed by atoms with Gasteiger partial charge in [0.2, 0.25) is 0 Å². The van der Waals surface area contributed by atoms with Crippen molar-refractivity contribution in [3.8, 4) is 0 Å². The van der Waals surface area contributed by atoms with E-state index in [1.165, 1.54) is 5.56 Å². The van der Waals surface area contributed by atoms with Crippen LogP contribution in [0.2, 0.25) is 0 Å². The van der Waals surface area contributed by atoms with Crippen LogP contribution in [0, 0.1) is 0 Å². The molecule has 0 saturated heterocycles. The minimum Gasteiger partial charge on any atom is -0.313 e. The maximum atomic E-state index is 15.1. The minimum absolute atomic E-state index is 0.0871. The third-order valence-corrected chi connectivity index (χ3v) is 12.3. The molecular formula is C33H46NOPS. The molecule has 0 aliphatic rings. The number of hydrogen-bond acceptors (Lipinski definition) is 3. The van der Waals surface area contributed by atoms with E-state index in [1.54, 1.807) is 0 Å². The van der Waals surface area contributed by atoms with E-state index in [0.29, 0.717) is 0 Å². The Morgan fingerprint density at radius 3 is 1.49 bits per heavy atom. The molecule has 0 unspecified atom stereocenters. The highest BCUT2D eigenvalue weighted by Crippen LogP contribution is 2.58. The number of nitrogens with one attached hydrogen (secondary N) is 1. The Bertz CT molecular complexity index is 1130. The highest BCUT2D eigenvalue weighted by Gasteiger charge is 2.47. The highest BCUT2D eigenvalue weighted by molar-refractivity contribution is 7.99. The van der Waals surface area contributed by atoms with Gasteiger partial charge in [0.15, 0.2) is 0 Å². The molecule has 0 fully saturated rings. The molecule has 0 radical (unpaired) electrons. The molecular weight excluding hydrogens is 489 g/mol. The van der Waals surface area contributed by atoms with Gasteiger partial charge in [-0.15, -0.1) is 0 Å². The first-order valence-electron chi connectivity index (χ1n) is 13.3. The summed E-state index contributed by atoms with van der Waals surface area (Å²) in [6.07, 6.45) is 1.80. The van der Waals surface area contributed by atoms with Crippen LogP contribution in [0.1, 0.15) is 73.8 Å². The number of rotatable bonds is 12. The Morgan fingerprint density at radius 1 is 0.622 bits per heavy atom. The summed E-state index contributed by atoms with van der Waals surface area (Å²) >= 11 is 2.01. The standard InChI is InChI=1S/C33H46NOPS/c1-30(2,34-31(3,4)26-33(7,8)37-24-27-18-12-9-13-19-27)25-32(5,6)36(35,28-20-14-10-15-21-28)29-22-16-11-17-23-29/h9-23,34H,24-26H2,1-8H3. The summed E-state index contributed by atoms with van der Waals surface area (Å²) < 4.78 is 15.2. The molecule has 3 rings (SSSR count). The van der Waals surface area contributed by atoms with Crippen molar-refractivity contribution in [1.82, 2.24) is 5.32 Å². The molecule has 0 saturated carbocycles. The van der Waals surface area contributed by atoms with Crippen LogP contribution in [0.15, 0.2) is 91.0 Å². The molecule has 0 aliphatic carbocycles. The first-order valence-corrected chi connectivity index (χ1v) is 16.0. The lowest BCUT2D eigenvalue weighted by Crippen LogP contribution is -2.56. The summed E-state index contributed by atoms with van der Waals surface area (Å²) in [6.45, 7) is 18.2. The minimum atomic E-state index is -2.92. The van der Waals surface area contributed by atoms with E-state index in [0.717, 1.165) is 29.2 Å². The van der Waals surface area contributed by atoms with Crippen molar-refractivity contribution in [1.29, 1.82) is 0 Å². The first kappa shape index (κ1) is 29.8. The van der Waals surface area contributed by atoms with E-state index in [1.807, 2.05) is 72.4 Å². The molecule has 0 aromatic heterocycles. The summed E-state index contributed by atoms with van der Waals surface area (Å²) in [5, 5.41) is 5.40. The highest BCUT2D eigenvalue weighted by atomic mass is 32.2. The molecule has 0 spiro atoms. The fourth-order valence-corrected chi connectivity index (χ4v) is 11.0. The fourth-order valence-electron chi connectivity index (χ4n) is 6.29. The van der Waals surface area contributed by atoms with E-state index in [-0.39, 0.29) is 15.8 Å². The van der Waals surface area contributed by atoms with Crippen molar-refractivity contribution >= 4 is 29.5 Å². The molecule has 200 valence electrons. The van der Waals surface area contributed by atoms with Crippen molar-refractivity contribution < 1.29 is 4.57 Å². The summed E-state index contributed by atoms with van der Waals surface area (Å²) in [7, 11) is -2.92. The summed E-state index contributed by atoms with van der Waals surface area (Å²) in [5.74, 6) is 1.01. The maximum absolute atomic E-state index is 15.1. The lowest BCUT2D eigenvalue weighted by atomic mass is 9.85. The van der Waals surface area contributed by atoms with Crippen molar-refractivity contribution in [3.05, 3.63) is 96.6 Å². The van der Waals surface area contributed by atoms with Gasteiger partial charge in [0.05, 0.1) is 0 Å². The molecule has 0 atom stereocenters. The van der Waals surface area contributed by atoms with Gasteiger partial charge in [0.25, 0.3) is 0 Å². The van der Waals surface area contributed by atoms with Gasteiger partial charge >= 0.3 is 0 Å². The van der Waals surface area contributed by atoms with Crippen LogP contribution in [-0.4, -0.2) is 21.0 Å². The van der Waals surface area contributed by atoms with Crippen molar-refractivity contribution in [2.45, 2.75) is 95.0 Å². The largest absolute Gasteiger partial charge is 0.313 e. The van der Waals surface area contributed by atoms with Crippen LogP contribution in [0.4, 0.5) is 0 Å². The molecule has 3 aromatic carbocycles. The predicted octanol–water partition coefficient (Wildman–Crippen LogP) is 8.42. The van der Waals surface area contributed by atoms with Gasteiger partial charge in [-0.1, -0.05) is 119 Å². The lowest BCUT2D eigenvalue weighted by molar-refractivity contribution is 0.216. The van der Waals surface area contributed by atoms with E-state index in [9.17, 15) is 0 Å². The Kier molecular flexibility index (Phi) is 9.26. The van der Waals surface area contributed by atoms with Crippen LogP contribution in [0.5, 0.6) is 0 Å². The third kappa shape index (κ3) is 7.85. The average Bonchev–Trinajstić information content (AvgIpc) is 2.81. The van der Waals surface area contributed by atoms with Gasteiger partial charge in [-0.2, -0.15) is 11.8 Å². The average molecular weight is 536 g/mol. The predicted molar refractivity (Wildman–Crippen MR) is 166 cm³/mol. The zero-order valence-corrected chi connectivity index (χ0v) is 25.8. The molecule has 3 aromatic rings. The maximum Gasteiger partial charge on any atom is 0.148 e. The second-order valence-corrected chi connectivity index (χ2v) is 18.0. The van der Waals surface area contributed by atoms with Gasteiger partial charge in [0, 0.05) is 37.3 Å². The van der Waals surface area contributed by atoms with Crippen LogP contribution in [0.25, 0.3) is 0 Å². The summed E-state index contributed by atoms with van der Waals surface area (Å²) in [6, 6.07) is 30.9. The van der Waals surface area contributed by atoms with Crippen molar-refractivity contribution in [2.24, 2.45) is 0 Å². The Balaban J connectivity index is 1.79. The van der Waals surface area contributed by atoms with Crippen LogP contribution >= 0.6 is 18.9 Å². The molecule has 0 aliphatic heterocycles. The van der Waals surface area contributed by atoms with E-state index in [4.69, 9.17) is 0 Å². The fraction of sp³-hybridized carbons (Fsp3) is 0.455. The first-order chi connectivity index (χ1) is 17.2. The third-order valence-electron chi connectivity index (χ3n) is 6.98. The molecule has 0 bridgehead atoms. The van der Waals surface area contributed by atoms with Gasteiger partial charge in [-0.05, 0) is 46.1 Å². The smallest absolute Gasteiger partial charge is 0.148 e. The Morgan fingerprint density at radius 2 is 1.03 bits per heavy atom. The second-order valence-electron chi connectivity index (χ2n) is 12.9. The van der Waals surface area contributed by atoms with Crippen molar-refractivity contribution in [3.63, 3.8) is 0 Å². The molecule has 4 heteroatoms. The van der Waals surface area contributed by atoms with E-state index in [2.05, 4.69) is 91.0 Å². The number of hydrogen-bond donors (Lipinski definition) is 1. The van der Waals surface area contributed by atoms with Gasteiger partial charge in [-0.3, -0.25) is 0 Å². The molecule has 1 N–H and O–H groups in total. The zero-order chi connectivity index (χ0) is 27.4. The molecule has 0 heterocycles. The van der Waals surface area contributed by atoms with E-state index >= 15 is 4.57 Å². The number of benzene rings is 3. The van der Waals surface area contributed by atoms with Gasteiger partial charge in [-0.25, -0.2) is 0 Å². The zero-order valence-electron chi connectivity index (χ0n) is 24.0. The Hall–Kier alpha value is -1.80. The molecule has 37 heavy (non-hydrogen) atoms. The summed E-state index contributed by atoms with van der Waals surface area (Å²) in [5.41, 5.74) is 1.06. The van der Waals surface area contributed by atoms with Gasteiger partial charge < -0.3 is 9.88 Å². The van der Waals surface area contributed by atoms with Gasteiger partial charge in [0.1, 0.15) is 7.14 Å². The lowest BCUT2D eigenvalue weighted by Gasteiger charge is -2.46. The normalized spacial score (nSPS) is 13.5. The van der Waals surface area contributed by atoms with Crippen LogP contribution < -0.4 is 15.9 Å². The molecule has 2 nitrogen and oxygen atoms in total. The Labute approximate surface area is 230 Å². The monoisotopic (exact) mass is 535 g/mol. The SMILES string of the molecule is CC(C)(CC(C)(C)SCc1ccccc1)NC(C)(C)CC(C)(C)P(=O)(c1ccccc1)c1ccccc1. The van der Waals surface area contributed by atoms with Crippen molar-refractivity contribution in [2.75, 3.05) is 0 Å². The topological polar surface area (TPSA) is 29.1 Å². The summed E-state index contributed by atoms with van der Waals surface area (Å²) in [4.78, 5) is 0. The number of thioether (sulfide) groups is 1. The second kappa shape index (κ2) is 11.5.